The van der Waals surface area contributed by atoms with Gasteiger partial charge in [0.15, 0.2) is 9.84 Å². The van der Waals surface area contributed by atoms with Gasteiger partial charge in [0.25, 0.3) is 0 Å². The van der Waals surface area contributed by atoms with Crippen LogP contribution >= 0.6 is 0 Å². The van der Waals surface area contributed by atoms with Crippen LogP contribution in [0.25, 0.3) is 0 Å². The fourth-order valence-electron chi connectivity index (χ4n) is 1.25. The van der Waals surface area contributed by atoms with Crippen molar-refractivity contribution in [3.8, 4) is 0 Å². The van der Waals surface area contributed by atoms with Gasteiger partial charge in [-0.1, -0.05) is 13.8 Å². The molecular weight excluding hydrogens is 228 g/mol. The highest BCUT2D eigenvalue weighted by atomic mass is 32.2. The summed E-state index contributed by atoms with van der Waals surface area (Å²) in [6.45, 7) is 5.81. The zero-order valence-corrected chi connectivity index (χ0v) is 11.0. The van der Waals surface area contributed by atoms with Gasteiger partial charge in [-0.3, -0.25) is 4.79 Å². The fraction of sp³-hybridized carbons (Fsp3) is 0.900. The van der Waals surface area contributed by atoms with Gasteiger partial charge in [-0.25, -0.2) is 8.42 Å². The Hall–Kier alpha value is -0.620. The highest BCUT2D eigenvalue weighted by Gasteiger charge is 2.15. The Morgan fingerprint density at radius 2 is 1.88 bits per heavy atom. The second-order valence-corrected chi connectivity index (χ2v) is 6.69. The first-order chi connectivity index (χ1) is 7.26. The third-order valence-electron chi connectivity index (χ3n) is 1.99. The number of carbonyl (C=O) groups is 1. The number of amides is 1. The van der Waals surface area contributed by atoms with Gasteiger partial charge in [-0.2, -0.15) is 0 Å². The molecule has 1 amide bonds. The lowest BCUT2D eigenvalue weighted by Crippen LogP contribution is -2.38. The van der Waals surface area contributed by atoms with Crippen molar-refractivity contribution in [1.82, 2.24) is 5.32 Å². The molecule has 5 nitrogen and oxygen atoms in total. The molecule has 0 saturated carbocycles. The topological polar surface area (TPSA) is 89.3 Å². The Bertz CT molecular complexity index is 312. The van der Waals surface area contributed by atoms with Crippen molar-refractivity contribution in [2.75, 3.05) is 18.1 Å². The molecule has 6 heteroatoms. The Labute approximate surface area is 97.7 Å². The molecule has 0 aliphatic rings. The standard InChI is InChI=1S/C10H22N2O3S/c1-8(2)7-16(14,15)5-4-10(13)12-9(3)6-11/h8-9H,4-7,11H2,1-3H3,(H,12,13)/t9-/m0/s1. The van der Waals surface area contributed by atoms with Gasteiger partial charge >= 0.3 is 0 Å². The molecule has 0 aromatic carbocycles. The molecule has 0 rings (SSSR count). The van der Waals surface area contributed by atoms with Crippen LogP contribution in [0.5, 0.6) is 0 Å². The van der Waals surface area contributed by atoms with Crippen LogP contribution < -0.4 is 11.1 Å². The fourth-order valence-corrected chi connectivity index (χ4v) is 2.92. The Morgan fingerprint density at radius 3 is 2.31 bits per heavy atom. The summed E-state index contributed by atoms with van der Waals surface area (Å²) < 4.78 is 23.0. The van der Waals surface area contributed by atoms with Gasteiger partial charge in [-0.15, -0.1) is 0 Å². The molecule has 0 aliphatic heterocycles. The van der Waals surface area contributed by atoms with E-state index < -0.39 is 9.84 Å². The summed E-state index contributed by atoms with van der Waals surface area (Å²) in [6.07, 6.45) is 0.0133. The lowest BCUT2D eigenvalue weighted by molar-refractivity contribution is -0.121. The van der Waals surface area contributed by atoms with E-state index in [1.807, 2.05) is 13.8 Å². The van der Waals surface area contributed by atoms with E-state index in [0.29, 0.717) is 6.54 Å². The average Bonchev–Trinajstić information content (AvgIpc) is 2.13. The van der Waals surface area contributed by atoms with E-state index in [1.165, 1.54) is 0 Å². The van der Waals surface area contributed by atoms with Crippen molar-refractivity contribution in [1.29, 1.82) is 0 Å². The number of rotatable bonds is 7. The first kappa shape index (κ1) is 15.4. The number of carbonyl (C=O) groups excluding carboxylic acids is 1. The number of hydrogen-bond acceptors (Lipinski definition) is 4. The normalized spacial score (nSPS) is 13.8. The van der Waals surface area contributed by atoms with Crippen LogP contribution in [0.3, 0.4) is 0 Å². The maximum absolute atomic E-state index is 11.5. The van der Waals surface area contributed by atoms with Crippen LogP contribution in [0.1, 0.15) is 27.2 Å². The highest BCUT2D eigenvalue weighted by molar-refractivity contribution is 7.91. The molecule has 16 heavy (non-hydrogen) atoms. The largest absolute Gasteiger partial charge is 0.352 e. The number of nitrogens with one attached hydrogen (secondary N) is 1. The number of hydrogen-bond donors (Lipinski definition) is 2. The van der Waals surface area contributed by atoms with Gasteiger partial charge in [0, 0.05) is 19.0 Å². The molecule has 0 radical (unpaired) electrons. The lowest BCUT2D eigenvalue weighted by atomic mass is 10.3. The van der Waals surface area contributed by atoms with E-state index in [2.05, 4.69) is 5.32 Å². The minimum absolute atomic E-state index is 0.0133. The molecule has 3 N–H and O–H groups in total. The summed E-state index contributed by atoms with van der Waals surface area (Å²) in [5.41, 5.74) is 5.34. The summed E-state index contributed by atoms with van der Waals surface area (Å²) in [6, 6.07) is -0.111. The summed E-state index contributed by atoms with van der Waals surface area (Å²) in [7, 11) is -3.11. The van der Waals surface area contributed by atoms with Crippen LogP contribution in [-0.4, -0.2) is 38.4 Å². The summed E-state index contributed by atoms with van der Waals surface area (Å²) in [4.78, 5) is 11.3. The first-order valence-corrected chi connectivity index (χ1v) is 7.29. The number of nitrogens with two attached hydrogens (primary N) is 1. The van der Waals surface area contributed by atoms with Gasteiger partial charge < -0.3 is 11.1 Å². The van der Waals surface area contributed by atoms with Gasteiger partial charge in [0.2, 0.25) is 5.91 Å². The monoisotopic (exact) mass is 250 g/mol. The molecule has 0 saturated heterocycles. The van der Waals surface area contributed by atoms with Gasteiger partial charge in [0.05, 0.1) is 11.5 Å². The van der Waals surface area contributed by atoms with Crippen molar-refractivity contribution < 1.29 is 13.2 Å². The van der Waals surface area contributed by atoms with Crippen molar-refractivity contribution >= 4 is 15.7 Å². The molecule has 0 aliphatic carbocycles. The second-order valence-electron chi connectivity index (χ2n) is 4.46. The van der Waals surface area contributed by atoms with Crippen molar-refractivity contribution in [2.24, 2.45) is 11.7 Å². The SMILES string of the molecule is CC(C)CS(=O)(=O)CCC(=O)N[C@@H](C)CN. The van der Waals surface area contributed by atoms with Gasteiger partial charge in [0.1, 0.15) is 0 Å². The van der Waals surface area contributed by atoms with Crippen LogP contribution in [-0.2, 0) is 14.6 Å². The zero-order chi connectivity index (χ0) is 12.8. The minimum Gasteiger partial charge on any atom is -0.352 e. The Morgan fingerprint density at radius 1 is 1.31 bits per heavy atom. The van der Waals surface area contributed by atoms with E-state index in [1.54, 1.807) is 6.92 Å². The van der Waals surface area contributed by atoms with Crippen molar-refractivity contribution in [3.63, 3.8) is 0 Å². The maximum atomic E-state index is 11.5. The Balaban J connectivity index is 4.01. The lowest BCUT2D eigenvalue weighted by Gasteiger charge is -2.11. The third-order valence-corrected chi connectivity index (χ3v) is 3.99. The van der Waals surface area contributed by atoms with Crippen LogP contribution in [0, 0.1) is 5.92 Å². The number of sulfone groups is 1. The second kappa shape index (κ2) is 6.85. The molecule has 0 heterocycles. The van der Waals surface area contributed by atoms with E-state index >= 15 is 0 Å². The molecular formula is C10H22N2O3S. The summed E-state index contributed by atoms with van der Waals surface area (Å²) in [5, 5.41) is 2.63. The summed E-state index contributed by atoms with van der Waals surface area (Å²) >= 11 is 0. The molecule has 0 aromatic rings. The van der Waals surface area contributed by atoms with Gasteiger partial charge in [-0.05, 0) is 12.8 Å². The molecule has 0 fully saturated rings. The van der Waals surface area contributed by atoms with E-state index in [0.717, 1.165) is 0 Å². The predicted molar refractivity (Wildman–Crippen MR) is 64.8 cm³/mol. The van der Waals surface area contributed by atoms with Crippen molar-refractivity contribution in [2.45, 2.75) is 33.2 Å². The van der Waals surface area contributed by atoms with Crippen LogP contribution in [0.15, 0.2) is 0 Å². The molecule has 0 bridgehead atoms. The van der Waals surface area contributed by atoms with Crippen LogP contribution in [0.2, 0.25) is 0 Å². The minimum atomic E-state index is -3.11. The smallest absolute Gasteiger partial charge is 0.221 e. The Kier molecular flexibility index (Phi) is 6.59. The van der Waals surface area contributed by atoms with Crippen molar-refractivity contribution in [3.05, 3.63) is 0 Å². The third kappa shape index (κ3) is 7.64. The van der Waals surface area contributed by atoms with E-state index in [4.69, 9.17) is 5.73 Å². The van der Waals surface area contributed by atoms with E-state index in [9.17, 15) is 13.2 Å². The first-order valence-electron chi connectivity index (χ1n) is 5.46. The highest BCUT2D eigenvalue weighted by Crippen LogP contribution is 2.02. The summed E-state index contributed by atoms with van der Waals surface area (Å²) in [5.74, 6) is -0.123. The predicted octanol–water partition coefficient (Wildman–Crippen LogP) is -0.0893. The maximum Gasteiger partial charge on any atom is 0.221 e. The van der Waals surface area contributed by atoms with E-state index in [-0.39, 0.29) is 35.8 Å². The van der Waals surface area contributed by atoms with Crippen LogP contribution in [0.4, 0.5) is 0 Å². The molecule has 0 unspecified atom stereocenters. The molecule has 96 valence electrons. The average molecular weight is 250 g/mol. The molecule has 0 aromatic heterocycles. The molecule has 0 spiro atoms. The molecule has 1 atom stereocenters. The quantitative estimate of drug-likeness (QED) is 0.661. The zero-order valence-electron chi connectivity index (χ0n) is 10.2.